The zero-order chi connectivity index (χ0) is 21.0. The number of non-ortho nitro benzene ring substituents is 1. The topological polar surface area (TPSA) is 103 Å². The Kier molecular flexibility index (Phi) is 6.45. The molecular formula is C19H16BrN3O5S. The van der Waals surface area contributed by atoms with Crippen LogP contribution in [-0.4, -0.2) is 30.8 Å². The summed E-state index contributed by atoms with van der Waals surface area (Å²) in [6.45, 7) is 2.35. The predicted molar refractivity (Wildman–Crippen MR) is 115 cm³/mol. The lowest BCUT2D eigenvalue weighted by Gasteiger charge is -2.11. The van der Waals surface area contributed by atoms with Crippen molar-refractivity contribution in [1.82, 2.24) is 5.43 Å². The molecule has 1 heterocycles. The van der Waals surface area contributed by atoms with E-state index in [2.05, 4.69) is 26.5 Å². The highest BCUT2D eigenvalue weighted by atomic mass is 79.9. The molecule has 2 aromatic carbocycles. The summed E-state index contributed by atoms with van der Waals surface area (Å²) in [5.41, 5.74) is 3.14. The van der Waals surface area contributed by atoms with E-state index in [1.165, 1.54) is 29.7 Å². The van der Waals surface area contributed by atoms with Crippen molar-refractivity contribution >= 4 is 55.2 Å². The maximum Gasteiger partial charge on any atom is 0.281 e. The van der Waals surface area contributed by atoms with Crippen molar-refractivity contribution < 1.29 is 19.2 Å². The first kappa shape index (κ1) is 20.7. The van der Waals surface area contributed by atoms with Gasteiger partial charge in [0.05, 0.1) is 29.7 Å². The first-order valence-corrected chi connectivity index (χ1v) is 10.1. The maximum atomic E-state index is 12.4. The number of nitro groups is 1. The number of nitro benzene ring substituents is 1. The molecule has 0 spiro atoms. The molecule has 8 nitrogen and oxygen atoms in total. The van der Waals surface area contributed by atoms with E-state index in [9.17, 15) is 14.9 Å². The number of benzene rings is 2. The SMILES string of the molecule is CCOc1cc(/C=N\NC(=O)c2cc3cc([N+](=O)[O-])ccc3s2)c(Br)cc1OC. The van der Waals surface area contributed by atoms with Crippen molar-refractivity contribution in [2.45, 2.75) is 6.92 Å². The number of fused-ring (bicyclic) bond motifs is 1. The van der Waals surface area contributed by atoms with E-state index < -0.39 is 10.8 Å². The molecule has 10 heteroatoms. The Morgan fingerprint density at radius 1 is 1.31 bits per heavy atom. The molecule has 29 heavy (non-hydrogen) atoms. The number of carbonyl (C=O) groups is 1. The molecule has 0 unspecified atom stereocenters. The Bertz CT molecular complexity index is 1110. The van der Waals surface area contributed by atoms with Crippen molar-refractivity contribution in [3.05, 3.63) is 61.4 Å². The zero-order valence-corrected chi connectivity index (χ0v) is 17.9. The van der Waals surface area contributed by atoms with Crippen LogP contribution in [0.2, 0.25) is 0 Å². The normalized spacial score (nSPS) is 11.0. The molecule has 3 rings (SSSR count). The summed E-state index contributed by atoms with van der Waals surface area (Å²) in [7, 11) is 1.55. The standard InChI is InChI=1S/C19H16BrN3O5S/c1-3-28-16-7-12(14(20)9-15(16)27-2)10-21-22-19(24)18-8-11-6-13(23(25)26)4-5-17(11)29-18/h4-10H,3H2,1-2H3,(H,22,24)/b21-10-. The summed E-state index contributed by atoms with van der Waals surface area (Å²) in [6, 6.07) is 9.59. The van der Waals surface area contributed by atoms with E-state index in [-0.39, 0.29) is 5.69 Å². The van der Waals surface area contributed by atoms with Crippen LogP contribution >= 0.6 is 27.3 Å². The van der Waals surface area contributed by atoms with Gasteiger partial charge in [-0.2, -0.15) is 5.10 Å². The number of halogens is 1. The van der Waals surface area contributed by atoms with E-state index >= 15 is 0 Å². The van der Waals surface area contributed by atoms with Crippen LogP contribution in [0.3, 0.4) is 0 Å². The highest BCUT2D eigenvalue weighted by Crippen LogP contribution is 2.33. The molecule has 0 atom stereocenters. The number of ether oxygens (including phenoxy) is 2. The van der Waals surface area contributed by atoms with Gasteiger partial charge in [-0.3, -0.25) is 14.9 Å². The molecular weight excluding hydrogens is 462 g/mol. The van der Waals surface area contributed by atoms with E-state index in [1.807, 2.05) is 6.92 Å². The zero-order valence-electron chi connectivity index (χ0n) is 15.5. The molecule has 0 saturated carbocycles. The van der Waals surface area contributed by atoms with Crippen LogP contribution in [0.25, 0.3) is 10.1 Å². The molecule has 0 aliphatic rings. The van der Waals surface area contributed by atoms with Gasteiger partial charge in [0.15, 0.2) is 11.5 Å². The first-order valence-electron chi connectivity index (χ1n) is 8.44. The van der Waals surface area contributed by atoms with Crippen LogP contribution in [0, 0.1) is 10.1 Å². The fourth-order valence-electron chi connectivity index (χ4n) is 2.55. The summed E-state index contributed by atoms with van der Waals surface area (Å²) < 4.78 is 12.3. The van der Waals surface area contributed by atoms with Gasteiger partial charge in [0.2, 0.25) is 0 Å². The van der Waals surface area contributed by atoms with Gasteiger partial charge in [0, 0.05) is 32.3 Å². The minimum atomic E-state index is -0.468. The predicted octanol–water partition coefficient (Wildman–Crippen LogP) is 4.74. The van der Waals surface area contributed by atoms with Crippen LogP contribution in [0.15, 0.2) is 46.0 Å². The van der Waals surface area contributed by atoms with Crippen LogP contribution in [-0.2, 0) is 0 Å². The number of hydrogen-bond donors (Lipinski definition) is 1. The monoisotopic (exact) mass is 477 g/mol. The van der Waals surface area contributed by atoms with Crippen LogP contribution in [0.4, 0.5) is 5.69 Å². The lowest BCUT2D eigenvalue weighted by atomic mass is 10.2. The number of amides is 1. The first-order chi connectivity index (χ1) is 13.9. The fraction of sp³-hybridized carbons (Fsp3) is 0.158. The molecule has 3 aromatic rings. The number of thiophene rings is 1. The molecule has 1 amide bonds. The molecule has 1 N–H and O–H groups in total. The van der Waals surface area contributed by atoms with Crippen LogP contribution in [0.5, 0.6) is 11.5 Å². The minimum Gasteiger partial charge on any atom is -0.493 e. The second-order valence-electron chi connectivity index (χ2n) is 5.75. The number of hydrazone groups is 1. The van der Waals surface area contributed by atoms with Crippen molar-refractivity contribution in [3.8, 4) is 11.5 Å². The van der Waals surface area contributed by atoms with Gasteiger partial charge >= 0.3 is 0 Å². The maximum absolute atomic E-state index is 12.4. The third kappa shape index (κ3) is 4.72. The van der Waals surface area contributed by atoms with E-state index in [4.69, 9.17) is 9.47 Å². The summed E-state index contributed by atoms with van der Waals surface area (Å²) in [6.07, 6.45) is 1.49. The highest BCUT2D eigenvalue weighted by molar-refractivity contribution is 9.10. The molecule has 0 bridgehead atoms. The van der Waals surface area contributed by atoms with E-state index in [0.29, 0.717) is 33.9 Å². The van der Waals surface area contributed by atoms with Gasteiger partial charge in [-0.1, -0.05) is 0 Å². The number of nitrogens with zero attached hydrogens (tertiary/aromatic N) is 2. The Morgan fingerprint density at radius 2 is 2.10 bits per heavy atom. The molecule has 0 aliphatic carbocycles. The Morgan fingerprint density at radius 3 is 2.79 bits per heavy atom. The van der Waals surface area contributed by atoms with E-state index in [0.717, 1.165) is 9.17 Å². The van der Waals surface area contributed by atoms with Gasteiger partial charge < -0.3 is 9.47 Å². The summed E-state index contributed by atoms with van der Waals surface area (Å²) in [5.74, 6) is 0.746. The third-order valence-electron chi connectivity index (χ3n) is 3.89. The lowest BCUT2D eigenvalue weighted by Crippen LogP contribution is -2.16. The molecule has 0 fully saturated rings. The Balaban J connectivity index is 1.76. The van der Waals surface area contributed by atoms with Crippen molar-refractivity contribution in [3.63, 3.8) is 0 Å². The van der Waals surface area contributed by atoms with Gasteiger partial charge in [0.1, 0.15) is 0 Å². The lowest BCUT2D eigenvalue weighted by molar-refractivity contribution is -0.384. The Labute approximate surface area is 178 Å². The molecule has 0 aliphatic heterocycles. The number of methoxy groups -OCH3 is 1. The van der Waals surface area contributed by atoms with E-state index in [1.54, 1.807) is 31.4 Å². The fourth-order valence-corrected chi connectivity index (χ4v) is 3.91. The minimum absolute atomic E-state index is 0.0188. The largest absolute Gasteiger partial charge is 0.493 e. The van der Waals surface area contributed by atoms with Crippen LogP contribution < -0.4 is 14.9 Å². The second-order valence-corrected chi connectivity index (χ2v) is 7.68. The summed E-state index contributed by atoms with van der Waals surface area (Å²) >= 11 is 4.67. The van der Waals surface area contributed by atoms with Crippen molar-refractivity contribution in [1.29, 1.82) is 0 Å². The molecule has 0 saturated heterocycles. The molecule has 1 aromatic heterocycles. The van der Waals surface area contributed by atoms with Crippen LogP contribution in [0.1, 0.15) is 22.2 Å². The average molecular weight is 478 g/mol. The summed E-state index contributed by atoms with van der Waals surface area (Å²) in [4.78, 5) is 23.2. The third-order valence-corrected chi connectivity index (χ3v) is 5.69. The number of carbonyl (C=O) groups excluding carboxylic acids is 1. The molecule has 0 radical (unpaired) electrons. The second kappa shape index (κ2) is 9.01. The Hall–Kier alpha value is -2.98. The van der Waals surface area contributed by atoms with Crippen molar-refractivity contribution in [2.75, 3.05) is 13.7 Å². The quantitative estimate of drug-likeness (QED) is 0.300. The van der Waals surface area contributed by atoms with Gasteiger partial charge in [-0.15, -0.1) is 11.3 Å². The smallest absolute Gasteiger partial charge is 0.281 e. The number of rotatable bonds is 7. The average Bonchev–Trinajstić information content (AvgIpc) is 3.13. The van der Waals surface area contributed by atoms with Gasteiger partial charge in [-0.25, -0.2) is 5.43 Å². The molecule has 150 valence electrons. The van der Waals surface area contributed by atoms with Gasteiger partial charge in [-0.05, 0) is 47.1 Å². The van der Waals surface area contributed by atoms with Crippen molar-refractivity contribution in [2.24, 2.45) is 5.10 Å². The number of hydrogen-bond acceptors (Lipinski definition) is 7. The summed E-state index contributed by atoms with van der Waals surface area (Å²) in [5, 5.41) is 15.5. The number of nitrogens with one attached hydrogen (secondary N) is 1. The highest BCUT2D eigenvalue weighted by Gasteiger charge is 2.13. The van der Waals surface area contributed by atoms with Gasteiger partial charge in [0.25, 0.3) is 11.6 Å².